The van der Waals surface area contributed by atoms with Crippen LogP contribution in [0.3, 0.4) is 0 Å². The molecule has 0 bridgehead atoms. The first kappa shape index (κ1) is 17.5. The fourth-order valence-electron chi connectivity index (χ4n) is 3.94. The standard InChI is InChI=1S/C23H18N8/c1-13-26-12-21(31(13)2)18-10-17-20(11-27-18)29-30-22(17)19-9-16-15(5-8-25-23(16)28-19)14-3-6-24-7-4-14/h3-12H,1-2H3,(H,25,28)(H,29,30). The van der Waals surface area contributed by atoms with Gasteiger partial charge in [-0.15, -0.1) is 0 Å². The molecule has 0 amide bonds. The zero-order valence-corrected chi connectivity index (χ0v) is 17.0. The Morgan fingerprint density at radius 1 is 0.903 bits per heavy atom. The number of nitrogens with one attached hydrogen (secondary N) is 2. The number of hydrogen-bond acceptors (Lipinski definition) is 5. The molecular formula is C23H18N8. The van der Waals surface area contributed by atoms with E-state index in [1.54, 1.807) is 12.4 Å². The van der Waals surface area contributed by atoms with E-state index in [0.29, 0.717) is 0 Å². The predicted molar refractivity (Wildman–Crippen MR) is 119 cm³/mol. The topological polar surface area (TPSA) is 101 Å². The Balaban J connectivity index is 1.52. The number of aryl methyl sites for hydroxylation is 1. The molecule has 0 aromatic carbocycles. The molecule has 0 fully saturated rings. The Morgan fingerprint density at radius 3 is 2.58 bits per heavy atom. The van der Waals surface area contributed by atoms with E-state index in [-0.39, 0.29) is 0 Å². The van der Waals surface area contributed by atoms with Crippen LogP contribution >= 0.6 is 0 Å². The third kappa shape index (κ3) is 2.72. The number of aromatic amines is 2. The predicted octanol–water partition coefficient (Wildman–Crippen LogP) is 4.27. The van der Waals surface area contributed by atoms with Gasteiger partial charge in [-0.3, -0.25) is 15.1 Å². The monoisotopic (exact) mass is 406 g/mol. The first-order valence-corrected chi connectivity index (χ1v) is 9.90. The molecule has 6 rings (SSSR count). The Morgan fingerprint density at radius 2 is 1.77 bits per heavy atom. The second-order valence-electron chi connectivity index (χ2n) is 7.48. The van der Waals surface area contributed by atoms with Crippen molar-refractivity contribution < 1.29 is 0 Å². The van der Waals surface area contributed by atoms with Crippen molar-refractivity contribution in [3.8, 4) is 33.9 Å². The summed E-state index contributed by atoms with van der Waals surface area (Å²) in [6, 6.07) is 10.2. The third-order valence-corrected chi connectivity index (χ3v) is 5.71. The average Bonchev–Trinajstić information content (AvgIpc) is 3.50. The van der Waals surface area contributed by atoms with Crippen LogP contribution in [0.2, 0.25) is 0 Å². The fourth-order valence-corrected chi connectivity index (χ4v) is 3.94. The van der Waals surface area contributed by atoms with Crippen molar-refractivity contribution in [1.29, 1.82) is 0 Å². The van der Waals surface area contributed by atoms with Crippen molar-refractivity contribution in [3.63, 3.8) is 0 Å². The van der Waals surface area contributed by atoms with Crippen LogP contribution in [0.25, 0.3) is 55.8 Å². The van der Waals surface area contributed by atoms with Gasteiger partial charge in [-0.25, -0.2) is 9.97 Å². The van der Waals surface area contributed by atoms with Crippen molar-refractivity contribution >= 4 is 21.9 Å². The summed E-state index contributed by atoms with van der Waals surface area (Å²) in [5.41, 5.74) is 7.43. The molecule has 0 unspecified atom stereocenters. The van der Waals surface area contributed by atoms with Gasteiger partial charge in [-0.05, 0) is 48.4 Å². The number of nitrogens with zero attached hydrogens (tertiary/aromatic N) is 6. The molecule has 0 saturated heterocycles. The Hall–Kier alpha value is -4.33. The minimum absolute atomic E-state index is 0.817. The van der Waals surface area contributed by atoms with Crippen LogP contribution < -0.4 is 0 Å². The Bertz CT molecular complexity index is 1560. The molecule has 8 nitrogen and oxygen atoms in total. The van der Waals surface area contributed by atoms with Gasteiger partial charge in [-0.2, -0.15) is 5.10 Å². The molecule has 6 heterocycles. The molecule has 0 aliphatic carbocycles. The SMILES string of the molecule is Cc1ncc(-c2cc3c(-c4cc5c(-c6ccncc6)ccnc5[nH]4)n[nH]c3cn2)n1C. The smallest absolute Gasteiger partial charge is 0.138 e. The molecule has 0 aliphatic rings. The Labute approximate surface area is 177 Å². The van der Waals surface area contributed by atoms with Crippen LogP contribution in [0.5, 0.6) is 0 Å². The van der Waals surface area contributed by atoms with Crippen molar-refractivity contribution in [3.05, 3.63) is 67.1 Å². The summed E-state index contributed by atoms with van der Waals surface area (Å²) in [6.45, 7) is 1.98. The quantitative estimate of drug-likeness (QED) is 0.457. The molecule has 6 aromatic rings. The number of aromatic nitrogens is 8. The van der Waals surface area contributed by atoms with Gasteiger partial charge in [0.1, 0.15) is 17.2 Å². The third-order valence-electron chi connectivity index (χ3n) is 5.71. The molecular weight excluding hydrogens is 388 g/mol. The van der Waals surface area contributed by atoms with Gasteiger partial charge in [-0.1, -0.05) is 0 Å². The van der Waals surface area contributed by atoms with E-state index in [1.807, 2.05) is 61.4 Å². The van der Waals surface area contributed by atoms with Crippen LogP contribution in [-0.4, -0.2) is 39.7 Å². The van der Waals surface area contributed by atoms with Crippen LogP contribution in [0.4, 0.5) is 0 Å². The number of H-pyrrole nitrogens is 2. The maximum Gasteiger partial charge on any atom is 0.138 e. The minimum atomic E-state index is 0.817. The van der Waals surface area contributed by atoms with Crippen molar-refractivity contribution in [2.45, 2.75) is 6.92 Å². The van der Waals surface area contributed by atoms with Crippen LogP contribution in [0.15, 0.2) is 61.3 Å². The van der Waals surface area contributed by atoms with Crippen molar-refractivity contribution in [2.75, 3.05) is 0 Å². The molecule has 6 aromatic heterocycles. The molecule has 2 N–H and O–H groups in total. The highest BCUT2D eigenvalue weighted by atomic mass is 15.1. The lowest BCUT2D eigenvalue weighted by atomic mass is 10.0. The summed E-state index contributed by atoms with van der Waals surface area (Å²) in [4.78, 5) is 21.1. The van der Waals surface area contributed by atoms with Gasteiger partial charge in [0.25, 0.3) is 0 Å². The van der Waals surface area contributed by atoms with Gasteiger partial charge >= 0.3 is 0 Å². The van der Waals surface area contributed by atoms with Crippen LogP contribution in [0.1, 0.15) is 5.82 Å². The highest BCUT2D eigenvalue weighted by Crippen LogP contribution is 2.33. The average molecular weight is 406 g/mol. The van der Waals surface area contributed by atoms with E-state index in [9.17, 15) is 0 Å². The highest BCUT2D eigenvalue weighted by Gasteiger charge is 2.16. The van der Waals surface area contributed by atoms with Crippen LogP contribution in [-0.2, 0) is 7.05 Å². The highest BCUT2D eigenvalue weighted by molar-refractivity contribution is 6.00. The summed E-state index contributed by atoms with van der Waals surface area (Å²) >= 11 is 0. The maximum absolute atomic E-state index is 4.59. The molecule has 0 atom stereocenters. The molecule has 8 heteroatoms. The molecule has 0 saturated carbocycles. The van der Waals surface area contributed by atoms with E-state index in [1.165, 1.54) is 0 Å². The van der Waals surface area contributed by atoms with Crippen molar-refractivity contribution in [2.24, 2.45) is 7.05 Å². The second-order valence-corrected chi connectivity index (χ2v) is 7.48. The number of rotatable bonds is 3. The van der Waals surface area contributed by atoms with E-state index in [0.717, 1.165) is 61.7 Å². The van der Waals surface area contributed by atoms with Gasteiger partial charge in [0.15, 0.2) is 0 Å². The number of imidazole rings is 1. The fraction of sp³-hybridized carbons (Fsp3) is 0.0870. The van der Waals surface area contributed by atoms with E-state index >= 15 is 0 Å². The van der Waals surface area contributed by atoms with Gasteiger partial charge in [0.05, 0.1) is 35.0 Å². The summed E-state index contributed by atoms with van der Waals surface area (Å²) < 4.78 is 2.03. The Kier molecular flexibility index (Phi) is 3.73. The molecule has 31 heavy (non-hydrogen) atoms. The number of fused-ring (bicyclic) bond motifs is 2. The summed E-state index contributed by atoms with van der Waals surface area (Å²) in [5.74, 6) is 0.939. The molecule has 150 valence electrons. The zero-order valence-electron chi connectivity index (χ0n) is 17.0. The van der Waals surface area contributed by atoms with Gasteiger partial charge < -0.3 is 9.55 Å². The van der Waals surface area contributed by atoms with Gasteiger partial charge in [0, 0.05) is 36.4 Å². The molecule has 0 aliphatic heterocycles. The normalized spacial score (nSPS) is 11.5. The lowest BCUT2D eigenvalue weighted by Crippen LogP contribution is -1.95. The number of pyridine rings is 3. The van der Waals surface area contributed by atoms with E-state index in [4.69, 9.17) is 0 Å². The first-order valence-electron chi connectivity index (χ1n) is 9.90. The largest absolute Gasteiger partial charge is 0.338 e. The van der Waals surface area contributed by atoms with Crippen LogP contribution in [0, 0.1) is 6.92 Å². The van der Waals surface area contributed by atoms with Gasteiger partial charge in [0.2, 0.25) is 0 Å². The second kappa shape index (κ2) is 6.60. The minimum Gasteiger partial charge on any atom is -0.338 e. The summed E-state index contributed by atoms with van der Waals surface area (Å²) in [6.07, 6.45) is 9.06. The summed E-state index contributed by atoms with van der Waals surface area (Å²) in [7, 11) is 1.99. The first-order chi connectivity index (χ1) is 15.2. The molecule has 0 spiro atoms. The maximum atomic E-state index is 4.59. The molecule has 0 radical (unpaired) electrons. The lowest BCUT2D eigenvalue weighted by molar-refractivity contribution is 0.862. The number of hydrogen-bond donors (Lipinski definition) is 2. The van der Waals surface area contributed by atoms with Crippen molar-refractivity contribution in [1.82, 2.24) is 39.7 Å². The zero-order chi connectivity index (χ0) is 20.9. The van der Waals surface area contributed by atoms with E-state index in [2.05, 4.69) is 41.2 Å². The van der Waals surface area contributed by atoms with E-state index < -0.39 is 0 Å². The lowest BCUT2D eigenvalue weighted by Gasteiger charge is -2.03. The summed E-state index contributed by atoms with van der Waals surface area (Å²) in [5, 5.41) is 9.69.